The van der Waals surface area contributed by atoms with E-state index in [4.69, 9.17) is 0 Å². The maximum Gasteiger partial charge on any atom is 0.126 e. The fraction of sp³-hybridized carbons (Fsp3) is 0.900. The molecule has 1 nitrogen and oxygen atoms in total. The minimum atomic E-state index is -0.0714. The van der Waals surface area contributed by atoms with Crippen LogP contribution in [0.2, 0.25) is 0 Å². The molecule has 4 fully saturated rings. The second-order valence-electron chi connectivity index (χ2n) is 14.9. The number of hydrogen-bond donors (Lipinski definition) is 0. The maximum absolute atomic E-state index is 12.6. The highest BCUT2D eigenvalue weighted by Gasteiger charge is 2.67. The monoisotopic (exact) mass is 424 g/mol. The molecule has 0 aromatic rings. The molecule has 0 spiro atoms. The number of hydrogen-bond acceptors (Lipinski definition) is 1. The minimum Gasteiger partial charge on any atom is -0.303 e. The normalized spacial score (nSPS) is 52.6. The van der Waals surface area contributed by atoms with Crippen molar-refractivity contribution in [2.45, 2.75) is 119 Å². The van der Waals surface area contributed by atoms with Crippen molar-refractivity contribution in [3.8, 4) is 0 Å². The van der Waals surface area contributed by atoms with Crippen LogP contribution in [-0.4, -0.2) is 6.29 Å². The number of aldehydes is 1. The molecule has 5 aliphatic carbocycles. The van der Waals surface area contributed by atoms with E-state index in [2.05, 4.69) is 54.5 Å². The first-order valence-corrected chi connectivity index (χ1v) is 13.5. The molecule has 31 heavy (non-hydrogen) atoms. The maximum atomic E-state index is 12.6. The molecule has 5 aliphatic rings. The Morgan fingerprint density at radius 1 is 0.839 bits per heavy atom. The number of rotatable bonds is 1. The lowest BCUT2D eigenvalue weighted by molar-refractivity contribution is -0.180. The fourth-order valence-corrected chi connectivity index (χ4v) is 10.6. The Labute approximate surface area is 192 Å². The van der Waals surface area contributed by atoms with Crippen LogP contribution in [0.15, 0.2) is 11.6 Å². The second-order valence-corrected chi connectivity index (χ2v) is 14.9. The van der Waals surface area contributed by atoms with E-state index < -0.39 is 0 Å². The van der Waals surface area contributed by atoms with Crippen molar-refractivity contribution in [1.82, 2.24) is 0 Å². The average molecular weight is 425 g/mol. The van der Waals surface area contributed by atoms with Crippen LogP contribution in [0.1, 0.15) is 119 Å². The van der Waals surface area contributed by atoms with E-state index in [-0.39, 0.29) is 10.8 Å². The van der Waals surface area contributed by atoms with E-state index in [1.807, 2.05) is 0 Å². The van der Waals surface area contributed by atoms with Crippen LogP contribution in [0, 0.1) is 50.2 Å². The summed E-state index contributed by atoms with van der Waals surface area (Å²) in [4.78, 5) is 12.6. The molecule has 0 aromatic heterocycles. The molecule has 0 bridgehead atoms. The summed E-state index contributed by atoms with van der Waals surface area (Å²) in [5.41, 5.74) is 3.64. The molecule has 7 atom stereocenters. The van der Waals surface area contributed by atoms with Crippen LogP contribution >= 0.6 is 0 Å². The van der Waals surface area contributed by atoms with Gasteiger partial charge in [-0.15, -0.1) is 0 Å². The zero-order valence-electron chi connectivity index (χ0n) is 21.6. The van der Waals surface area contributed by atoms with Gasteiger partial charge in [0.15, 0.2) is 0 Å². The zero-order chi connectivity index (χ0) is 22.5. The number of fused-ring (bicyclic) bond motifs is 7. The fourth-order valence-electron chi connectivity index (χ4n) is 10.6. The van der Waals surface area contributed by atoms with Crippen molar-refractivity contribution < 1.29 is 4.79 Å². The molecule has 0 aliphatic heterocycles. The predicted molar refractivity (Wildman–Crippen MR) is 130 cm³/mol. The topological polar surface area (TPSA) is 17.1 Å². The Morgan fingerprint density at radius 3 is 2.26 bits per heavy atom. The van der Waals surface area contributed by atoms with Gasteiger partial charge in [0.05, 0.1) is 0 Å². The van der Waals surface area contributed by atoms with Crippen molar-refractivity contribution in [3.63, 3.8) is 0 Å². The van der Waals surface area contributed by atoms with Gasteiger partial charge in [-0.25, -0.2) is 0 Å². The standard InChI is InChI=1S/C30H48O/c1-25(2)15-17-30(20-31)18-16-28(6)21(22(30)19-25)9-10-24-27(5)13-8-12-26(3,4)23(27)11-14-29(24,28)7/h9,20,22-24H,8,10-19H2,1-7H3/t22-,23?,24+,27-,28+,29+,30+/m0/s1. The summed E-state index contributed by atoms with van der Waals surface area (Å²) in [6.07, 6.45) is 18.3. The van der Waals surface area contributed by atoms with Gasteiger partial charge in [0.2, 0.25) is 0 Å². The van der Waals surface area contributed by atoms with Crippen LogP contribution in [0.4, 0.5) is 0 Å². The van der Waals surface area contributed by atoms with Gasteiger partial charge in [-0.2, -0.15) is 0 Å². The summed E-state index contributed by atoms with van der Waals surface area (Å²) in [5.74, 6) is 2.16. The Morgan fingerprint density at radius 2 is 1.55 bits per heavy atom. The zero-order valence-corrected chi connectivity index (χ0v) is 21.6. The Balaban J connectivity index is 1.59. The average Bonchev–Trinajstić information content (AvgIpc) is 2.67. The third-order valence-corrected chi connectivity index (χ3v) is 12.7. The van der Waals surface area contributed by atoms with E-state index in [1.165, 1.54) is 64.1 Å². The van der Waals surface area contributed by atoms with Gasteiger partial charge >= 0.3 is 0 Å². The minimum absolute atomic E-state index is 0.0714. The van der Waals surface area contributed by atoms with E-state index in [9.17, 15) is 4.79 Å². The quantitative estimate of drug-likeness (QED) is 0.305. The summed E-state index contributed by atoms with van der Waals surface area (Å²) >= 11 is 0. The summed E-state index contributed by atoms with van der Waals surface area (Å²) in [7, 11) is 0. The van der Waals surface area contributed by atoms with Gasteiger partial charge in [0.1, 0.15) is 6.29 Å². The highest BCUT2D eigenvalue weighted by atomic mass is 16.1. The molecule has 0 radical (unpaired) electrons. The molecular weight excluding hydrogens is 376 g/mol. The SMILES string of the molecule is CC1(C)CC[C@]2(C=O)CC[C@]3(C)C(=CC[C@@H]4[C@@]5(C)CCCC(C)(C)C5CC[C@]43C)[C@@H]2C1. The molecule has 0 saturated heterocycles. The molecule has 174 valence electrons. The molecule has 0 amide bonds. The molecule has 1 heteroatoms. The van der Waals surface area contributed by atoms with Crippen molar-refractivity contribution in [2.24, 2.45) is 50.2 Å². The number of allylic oxidation sites excluding steroid dienone is 2. The van der Waals surface area contributed by atoms with Crippen LogP contribution in [0.25, 0.3) is 0 Å². The van der Waals surface area contributed by atoms with Crippen LogP contribution in [0.5, 0.6) is 0 Å². The third-order valence-electron chi connectivity index (χ3n) is 12.7. The van der Waals surface area contributed by atoms with E-state index >= 15 is 0 Å². The van der Waals surface area contributed by atoms with Crippen molar-refractivity contribution in [1.29, 1.82) is 0 Å². The van der Waals surface area contributed by atoms with Crippen LogP contribution in [-0.2, 0) is 4.79 Å². The molecule has 0 N–H and O–H groups in total. The molecular formula is C30H48O. The first-order valence-electron chi connectivity index (χ1n) is 13.5. The summed E-state index contributed by atoms with van der Waals surface area (Å²) in [6.45, 7) is 18.0. The first-order chi connectivity index (χ1) is 14.3. The Bertz CT molecular complexity index is 803. The lowest BCUT2D eigenvalue weighted by atomic mass is 9.34. The van der Waals surface area contributed by atoms with Gasteiger partial charge < -0.3 is 4.79 Å². The predicted octanol–water partition coefficient (Wildman–Crippen LogP) is 8.38. The van der Waals surface area contributed by atoms with E-state index in [0.717, 1.165) is 24.7 Å². The van der Waals surface area contributed by atoms with E-state index in [1.54, 1.807) is 5.57 Å². The smallest absolute Gasteiger partial charge is 0.126 e. The van der Waals surface area contributed by atoms with Gasteiger partial charge in [-0.1, -0.05) is 66.5 Å². The number of carbonyl (C=O) groups is 1. The highest BCUT2D eigenvalue weighted by molar-refractivity contribution is 5.63. The van der Waals surface area contributed by atoms with Crippen molar-refractivity contribution in [2.75, 3.05) is 0 Å². The van der Waals surface area contributed by atoms with Crippen molar-refractivity contribution >= 4 is 6.29 Å². The van der Waals surface area contributed by atoms with E-state index in [0.29, 0.717) is 27.6 Å². The summed E-state index contributed by atoms with van der Waals surface area (Å²) in [5, 5.41) is 0. The largest absolute Gasteiger partial charge is 0.303 e. The van der Waals surface area contributed by atoms with Gasteiger partial charge in [-0.3, -0.25) is 0 Å². The van der Waals surface area contributed by atoms with Crippen molar-refractivity contribution in [3.05, 3.63) is 11.6 Å². The lowest BCUT2D eigenvalue weighted by Gasteiger charge is -2.70. The van der Waals surface area contributed by atoms with Gasteiger partial charge in [0.25, 0.3) is 0 Å². The van der Waals surface area contributed by atoms with Gasteiger partial charge in [-0.05, 0) is 109 Å². The summed E-state index contributed by atoms with van der Waals surface area (Å²) in [6, 6.07) is 0. The third kappa shape index (κ3) is 2.76. The van der Waals surface area contributed by atoms with Gasteiger partial charge in [0, 0.05) is 5.41 Å². The molecule has 5 rings (SSSR count). The second kappa shape index (κ2) is 6.50. The molecule has 1 unspecified atom stereocenters. The highest BCUT2D eigenvalue weighted by Crippen LogP contribution is 2.75. The number of carbonyl (C=O) groups excluding carboxylic acids is 1. The van der Waals surface area contributed by atoms with Crippen LogP contribution < -0.4 is 0 Å². The Hall–Kier alpha value is -0.590. The lowest BCUT2D eigenvalue weighted by Crippen LogP contribution is -2.63. The molecule has 4 saturated carbocycles. The summed E-state index contributed by atoms with van der Waals surface area (Å²) < 4.78 is 0. The first kappa shape index (κ1) is 22.2. The van der Waals surface area contributed by atoms with Crippen LogP contribution in [0.3, 0.4) is 0 Å². The molecule has 0 heterocycles. The molecule has 0 aromatic carbocycles. The Kier molecular flexibility index (Phi) is 4.66.